The maximum Gasteiger partial charge on any atom is -0.00197 e. The van der Waals surface area contributed by atoms with E-state index in [2.05, 4.69) is 61.6 Å². The van der Waals surface area contributed by atoms with Gasteiger partial charge >= 0.3 is 0 Å². The van der Waals surface area contributed by atoms with E-state index in [4.69, 9.17) is 0 Å². The molecule has 0 radical (unpaired) electrons. The first-order chi connectivity index (χ1) is 7.40. The molecule has 1 aromatic rings. The molecule has 0 aliphatic heterocycles. The van der Waals surface area contributed by atoms with Crippen molar-refractivity contribution in [3.05, 3.63) is 65.3 Å². The molecule has 15 heavy (non-hydrogen) atoms. The van der Waals surface area contributed by atoms with Gasteiger partial charge in [-0.1, -0.05) is 54.6 Å². The van der Waals surface area contributed by atoms with Crippen LogP contribution in [0.5, 0.6) is 0 Å². The lowest BCUT2D eigenvalue weighted by atomic mass is 10.1. The van der Waals surface area contributed by atoms with Crippen LogP contribution in [0.25, 0.3) is 6.08 Å². The predicted molar refractivity (Wildman–Crippen MR) is 66.7 cm³/mol. The van der Waals surface area contributed by atoms with Gasteiger partial charge in [-0.3, -0.25) is 0 Å². The van der Waals surface area contributed by atoms with Crippen LogP contribution in [0.4, 0.5) is 0 Å². The Labute approximate surface area is 91.6 Å². The van der Waals surface area contributed by atoms with Gasteiger partial charge in [0.2, 0.25) is 0 Å². The van der Waals surface area contributed by atoms with Crippen LogP contribution in [0.2, 0.25) is 0 Å². The van der Waals surface area contributed by atoms with E-state index in [9.17, 15) is 0 Å². The number of benzene rings is 1. The summed E-state index contributed by atoms with van der Waals surface area (Å²) in [5.41, 5.74) is 4.24. The first-order valence-electron chi connectivity index (χ1n) is 5.46. The van der Waals surface area contributed by atoms with Crippen LogP contribution in [0.1, 0.15) is 24.5 Å². The molecule has 0 amide bonds. The Morgan fingerprint density at radius 2 is 2.07 bits per heavy atom. The Morgan fingerprint density at radius 1 is 1.20 bits per heavy atom. The zero-order chi connectivity index (χ0) is 10.5. The van der Waals surface area contributed by atoms with E-state index < -0.39 is 0 Å². The zero-order valence-corrected chi connectivity index (χ0v) is 9.11. The van der Waals surface area contributed by atoms with Crippen molar-refractivity contribution in [2.24, 2.45) is 0 Å². The molecule has 0 N–H and O–H groups in total. The summed E-state index contributed by atoms with van der Waals surface area (Å²) in [6, 6.07) is 8.60. The van der Waals surface area contributed by atoms with Gasteiger partial charge in [0.05, 0.1) is 0 Å². The predicted octanol–water partition coefficient (Wildman–Crippen LogP) is 4.15. The molecule has 0 aromatic heterocycles. The van der Waals surface area contributed by atoms with Gasteiger partial charge in [-0.15, -0.1) is 0 Å². The fraction of sp³-hybridized carbons (Fsp3) is 0.200. The second-order valence-electron chi connectivity index (χ2n) is 3.80. The van der Waals surface area contributed by atoms with Crippen LogP contribution in [0, 0.1) is 0 Å². The average Bonchev–Trinajstić information content (AvgIpc) is 2.67. The van der Waals surface area contributed by atoms with Crippen molar-refractivity contribution in [3.8, 4) is 0 Å². The lowest BCUT2D eigenvalue weighted by Gasteiger charge is -1.94. The summed E-state index contributed by atoms with van der Waals surface area (Å²) in [6.45, 7) is 2.05. The van der Waals surface area contributed by atoms with Gasteiger partial charge in [-0.2, -0.15) is 0 Å². The van der Waals surface area contributed by atoms with Gasteiger partial charge in [-0.05, 0) is 36.5 Å². The van der Waals surface area contributed by atoms with Crippen molar-refractivity contribution in [1.29, 1.82) is 0 Å². The second kappa shape index (κ2) is 4.79. The van der Waals surface area contributed by atoms with Gasteiger partial charge in [0.15, 0.2) is 0 Å². The van der Waals surface area contributed by atoms with Gasteiger partial charge in [0.1, 0.15) is 0 Å². The van der Waals surface area contributed by atoms with E-state index in [1.807, 2.05) is 0 Å². The second-order valence-corrected chi connectivity index (χ2v) is 3.80. The molecule has 0 heteroatoms. The summed E-state index contributed by atoms with van der Waals surface area (Å²) < 4.78 is 0. The molecule has 0 saturated heterocycles. The number of hydrogen-bond acceptors (Lipinski definition) is 0. The molecule has 0 atom stereocenters. The Kier molecular flexibility index (Phi) is 3.18. The van der Waals surface area contributed by atoms with Gasteiger partial charge in [-0.25, -0.2) is 0 Å². The Morgan fingerprint density at radius 3 is 2.87 bits per heavy atom. The van der Waals surface area contributed by atoms with Crippen molar-refractivity contribution < 1.29 is 0 Å². The number of fused-ring (bicyclic) bond motifs is 1. The Bertz CT molecular complexity index is 419. The van der Waals surface area contributed by atoms with Crippen LogP contribution in [-0.2, 0) is 6.42 Å². The molecular weight excluding hydrogens is 180 g/mol. The standard InChI is InChI=1S/C15H16/c1-2-3-4-5-8-13-11-14-9-6-7-10-15(14)12-13/h2-3,5-11H,4,12H2,1H3/b3-2+,8-5+. The van der Waals surface area contributed by atoms with Crippen LogP contribution in [0.15, 0.2) is 54.1 Å². The summed E-state index contributed by atoms with van der Waals surface area (Å²) in [5.74, 6) is 0. The fourth-order valence-electron chi connectivity index (χ4n) is 1.85. The minimum Gasteiger partial charge on any atom is -0.0914 e. The van der Waals surface area contributed by atoms with Crippen LogP contribution >= 0.6 is 0 Å². The summed E-state index contributed by atoms with van der Waals surface area (Å²) in [7, 11) is 0. The maximum absolute atomic E-state index is 2.28. The first-order valence-corrected chi connectivity index (χ1v) is 5.46. The zero-order valence-electron chi connectivity index (χ0n) is 9.11. The smallest absolute Gasteiger partial charge is 0.00197 e. The number of hydrogen-bond donors (Lipinski definition) is 0. The minimum absolute atomic E-state index is 1.03. The molecule has 0 fully saturated rings. The molecule has 2 rings (SSSR count). The molecule has 0 unspecified atom stereocenters. The van der Waals surface area contributed by atoms with Crippen molar-refractivity contribution in [1.82, 2.24) is 0 Å². The Hall–Kier alpha value is -1.56. The van der Waals surface area contributed by atoms with Gasteiger partial charge in [0.25, 0.3) is 0 Å². The molecule has 1 aliphatic carbocycles. The number of allylic oxidation sites excluding steroid dienone is 5. The van der Waals surface area contributed by atoms with Crippen molar-refractivity contribution in [2.75, 3.05) is 0 Å². The third-order valence-electron chi connectivity index (χ3n) is 2.63. The maximum atomic E-state index is 2.28. The van der Waals surface area contributed by atoms with E-state index in [1.54, 1.807) is 0 Å². The lowest BCUT2D eigenvalue weighted by molar-refractivity contribution is 1.24. The molecule has 0 spiro atoms. The Balaban J connectivity index is 2.02. The van der Waals surface area contributed by atoms with Gasteiger partial charge < -0.3 is 0 Å². The molecular formula is C15H16. The van der Waals surface area contributed by atoms with Crippen LogP contribution in [0.3, 0.4) is 0 Å². The molecule has 0 heterocycles. The average molecular weight is 196 g/mol. The van der Waals surface area contributed by atoms with E-state index in [0.717, 1.165) is 12.8 Å². The largest absolute Gasteiger partial charge is 0.0914 e. The molecule has 1 aromatic carbocycles. The van der Waals surface area contributed by atoms with Crippen LogP contribution in [-0.4, -0.2) is 0 Å². The fourth-order valence-corrected chi connectivity index (χ4v) is 1.85. The van der Waals surface area contributed by atoms with Crippen molar-refractivity contribution in [2.45, 2.75) is 19.8 Å². The molecule has 0 bridgehead atoms. The van der Waals surface area contributed by atoms with E-state index in [0.29, 0.717) is 0 Å². The highest BCUT2D eigenvalue weighted by molar-refractivity contribution is 5.66. The minimum atomic E-state index is 1.03. The van der Waals surface area contributed by atoms with E-state index in [1.165, 1.54) is 16.7 Å². The third kappa shape index (κ3) is 2.47. The first kappa shape index (κ1) is 9.97. The van der Waals surface area contributed by atoms with Crippen LogP contribution < -0.4 is 0 Å². The quantitative estimate of drug-likeness (QED) is 0.637. The third-order valence-corrected chi connectivity index (χ3v) is 2.63. The van der Waals surface area contributed by atoms with Crippen molar-refractivity contribution in [3.63, 3.8) is 0 Å². The summed E-state index contributed by atoms with van der Waals surface area (Å²) in [5, 5.41) is 0. The summed E-state index contributed by atoms with van der Waals surface area (Å²) >= 11 is 0. The SMILES string of the molecule is C/C=C/C/C=C/C1=Cc2ccccc2C1. The summed E-state index contributed by atoms with van der Waals surface area (Å²) in [6.07, 6.45) is 13.1. The highest BCUT2D eigenvalue weighted by Gasteiger charge is 2.08. The lowest BCUT2D eigenvalue weighted by Crippen LogP contribution is -1.80. The van der Waals surface area contributed by atoms with E-state index >= 15 is 0 Å². The molecule has 0 nitrogen and oxygen atoms in total. The highest BCUT2D eigenvalue weighted by Crippen LogP contribution is 2.25. The van der Waals surface area contributed by atoms with E-state index in [-0.39, 0.29) is 0 Å². The van der Waals surface area contributed by atoms with Crippen molar-refractivity contribution >= 4 is 6.08 Å². The normalized spacial score (nSPS) is 14.9. The van der Waals surface area contributed by atoms with Gasteiger partial charge in [0, 0.05) is 0 Å². The monoisotopic (exact) mass is 196 g/mol. The molecule has 76 valence electrons. The number of rotatable bonds is 3. The molecule has 1 aliphatic rings. The summed E-state index contributed by atoms with van der Waals surface area (Å²) in [4.78, 5) is 0. The highest BCUT2D eigenvalue weighted by atomic mass is 14.1. The molecule has 0 saturated carbocycles. The topological polar surface area (TPSA) is 0 Å².